The molecule has 1 aliphatic rings. The van der Waals surface area contributed by atoms with E-state index in [1.165, 1.54) is 17.7 Å². The number of nitrogens with zero attached hydrogens (tertiary/aromatic N) is 3. The third-order valence-corrected chi connectivity index (χ3v) is 5.58. The number of carbonyl (C=O) groups excluding carboxylic acids is 1. The lowest BCUT2D eigenvalue weighted by Gasteiger charge is -2.25. The van der Waals surface area contributed by atoms with Gasteiger partial charge in [-0.2, -0.15) is 0 Å². The van der Waals surface area contributed by atoms with Gasteiger partial charge in [0.05, 0.1) is 22.5 Å². The van der Waals surface area contributed by atoms with Crippen molar-refractivity contribution < 1.29 is 14.3 Å². The molecule has 1 unspecified atom stereocenters. The highest BCUT2D eigenvalue weighted by Gasteiger charge is 2.20. The van der Waals surface area contributed by atoms with Gasteiger partial charge < -0.3 is 15.2 Å². The van der Waals surface area contributed by atoms with Crippen molar-refractivity contribution in [2.75, 3.05) is 13.2 Å². The first-order valence-corrected chi connectivity index (χ1v) is 9.11. The van der Waals surface area contributed by atoms with Crippen LogP contribution in [0.1, 0.15) is 41.9 Å². The van der Waals surface area contributed by atoms with Crippen LogP contribution in [0.25, 0.3) is 10.2 Å². The molecule has 134 valence electrons. The highest BCUT2D eigenvalue weighted by Crippen LogP contribution is 2.34. The van der Waals surface area contributed by atoms with Crippen molar-refractivity contribution >= 4 is 39.0 Å². The van der Waals surface area contributed by atoms with E-state index in [0.29, 0.717) is 15.5 Å². The molecule has 0 radical (unpaired) electrons. The Balaban J connectivity index is 1.87. The molecule has 2 aromatic rings. The smallest absolute Gasteiger partial charge is 0.259 e. The first-order valence-electron chi connectivity index (χ1n) is 8.29. The quantitative estimate of drug-likeness (QED) is 0.825. The van der Waals surface area contributed by atoms with Crippen LogP contribution >= 0.6 is 11.3 Å². The molecule has 1 aliphatic heterocycles. The minimum atomic E-state index is -0.455. The standard InChI is InChI=1S/C17H22N4O3S/c1-9-13-16(19-8-20-17(13)25-14(9)15(18)22)21-10(2)11(3)24-12-4-6-23-7-5-12/h8,11-12H,4-7H2,1-3H3,(H2,18,22). The number of amides is 1. The number of aliphatic imine (C=N–C) groups is 1. The first kappa shape index (κ1) is 17.9. The van der Waals surface area contributed by atoms with E-state index in [9.17, 15) is 4.79 Å². The van der Waals surface area contributed by atoms with Crippen LogP contribution < -0.4 is 5.73 Å². The fourth-order valence-corrected chi connectivity index (χ4v) is 3.83. The lowest BCUT2D eigenvalue weighted by molar-refractivity contribution is -0.0429. The summed E-state index contributed by atoms with van der Waals surface area (Å²) in [6.45, 7) is 7.24. The van der Waals surface area contributed by atoms with Crippen LogP contribution in [0.5, 0.6) is 0 Å². The van der Waals surface area contributed by atoms with E-state index >= 15 is 0 Å². The number of aromatic nitrogens is 2. The minimum absolute atomic E-state index is 0.123. The van der Waals surface area contributed by atoms with Crippen LogP contribution in [0.4, 0.5) is 5.82 Å². The second-order valence-electron chi connectivity index (χ2n) is 6.14. The molecule has 0 bridgehead atoms. The van der Waals surface area contributed by atoms with Gasteiger partial charge >= 0.3 is 0 Å². The summed E-state index contributed by atoms with van der Waals surface area (Å²) in [4.78, 5) is 26.0. The molecule has 25 heavy (non-hydrogen) atoms. The number of nitrogens with two attached hydrogens (primary N) is 1. The molecule has 1 fully saturated rings. The van der Waals surface area contributed by atoms with Gasteiger partial charge in [0.1, 0.15) is 11.2 Å². The molecule has 0 saturated carbocycles. The number of fused-ring (bicyclic) bond motifs is 1. The third-order valence-electron chi connectivity index (χ3n) is 4.37. The minimum Gasteiger partial charge on any atom is -0.381 e. The molecule has 1 atom stereocenters. The van der Waals surface area contributed by atoms with Gasteiger partial charge in [0.15, 0.2) is 5.82 Å². The van der Waals surface area contributed by atoms with Gasteiger partial charge in [-0.15, -0.1) is 11.3 Å². The van der Waals surface area contributed by atoms with E-state index in [1.54, 1.807) is 0 Å². The Bertz CT molecular complexity index is 812. The molecule has 2 N–H and O–H groups in total. The molecule has 2 aromatic heterocycles. The number of rotatable bonds is 5. The summed E-state index contributed by atoms with van der Waals surface area (Å²) in [6.07, 6.45) is 3.34. The number of hydrogen-bond acceptors (Lipinski definition) is 7. The van der Waals surface area contributed by atoms with Crippen LogP contribution in [-0.4, -0.2) is 47.0 Å². The van der Waals surface area contributed by atoms with E-state index in [1.807, 2.05) is 20.8 Å². The fraction of sp³-hybridized carbons (Fsp3) is 0.529. The molecule has 7 nitrogen and oxygen atoms in total. The van der Waals surface area contributed by atoms with Gasteiger partial charge in [0.2, 0.25) is 0 Å². The summed E-state index contributed by atoms with van der Waals surface area (Å²) in [5.41, 5.74) is 7.05. The Morgan fingerprint density at radius 1 is 1.44 bits per heavy atom. The number of primary amides is 1. The summed E-state index contributed by atoms with van der Waals surface area (Å²) < 4.78 is 11.4. The van der Waals surface area contributed by atoms with Crippen molar-refractivity contribution in [2.24, 2.45) is 10.7 Å². The molecular formula is C17H22N4O3S. The molecule has 0 spiro atoms. The molecular weight excluding hydrogens is 340 g/mol. The first-order chi connectivity index (χ1) is 12.0. The predicted octanol–water partition coefficient (Wildman–Crippen LogP) is 2.78. The maximum Gasteiger partial charge on any atom is 0.259 e. The normalized spacial score (nSPS) is 17.8. The van der Waals surface area contributed by atoms with E-state index in [-0.39, 0.29) is 12.2 Å². The summed E-state index contributed by atoms with van der Waals surface area (Å²) in [7, 11) is 0. The van der Waals surface area contributed by atoms with Crippen molar-refractivity contribution in [3.8, 4) is 0 Å². The second-order valence-corrected chi connectivity index (χ2v) is 7.14. The molecule has 0 aromatic carbocycles. The number of ether oxygens (including phenoxy) is 2. The SMILES string of the molecule is CC(=Nc1ncnc2sc(C(N)=O)c(C)c12)C(C)OC1CCOCC1. The predicted molar refractivity (Wildman–Crippen MR) is 97.8 cm³/mol. The van der Waals surface area contributed by atoms with E-state index in [0.717, 1.165) is 42.7 Å². The number of thiophene rings is 1. The highest BCUT2D eigenvalue weighted by molar-refractivity contribution is 7.20. The van der Waals surface area contributed by atoms with E-state index in [2.05, 4.69) is 15.0 Å². The largest absolute Gasteiger partial charge is 0.381 e. The average Bonchev–Trinajstić information content (AvgIpc) is 2.94. The number of aryl methyl sites for hydroxylation is 1. The summed E-state index contributed by atoms with van der Waals surface area (Å²) in [6, 6.07) is 0. The summed E-state index contributed by atoms with van der Waals surface area (Å²) in [5.74, 6) is 0.0922. The molecule has 3 heterocycles. The van der Waals surface area contributed by atoms with Gasteiger partial charge in [0.25, 0.3) is 5.91 Å². The van der Waals surface area contributed by atoms with Crippen LogP contribution in [0.2, 0.25) is 0 Å². The maximum absolute atomic E-state index is 11.6. The lowest BCUT2D eigenvalue weighted by Crippen LogP contribution is -2.30. The van der Waals surface area contributed by atoms with Crippen LogP contribution in [0.15, 0.2) is 11.3 Å². The van der Waals surface area contributed by atoms with Crippen molar-refractivity contribution in [1.82, 2.24) is 9.97 Å². The Morgan fingerprint density at radius 2 is 2.16 bits per heavy atom. The third kappa shape index (κ3) is 3.86. The Kier molecular flexibility index (Phi) is 5.41. The number of hydrogen-bond donors (Lipinski definition) is 1. The van der Waals surface area contributed by atoms with Crippen molar-refractivity contribution in [3.63, 3.8) is 0 Å². The molecule has 8 heteroatoms. The Labute approximate surface area is 150 Å². The van der Waals surface area contributed by atoms with Crippen molar-refractivity contribution in [1.29, 1.82) is 0 Å². The summed E-state index contributed by atoms with van der Waals surface area (Å²) >= 11 is 1.27. The van der Waals surface area contributed by atoms with E-state index in [4.69, 9.17) is 15.2 Å². The Morgan fingerprint density at radius 3 is 2.84 bits per heavy atom. The zero-order valence-corrected chi connectivity index (χ0v) is 15.4. The van der Waals surface area contributed by atoms with Gasteiger partial charge in [-0.3, -0.25) is 4.79 Å². The van der Waals surface area contributed by atoms with Crippen LogP contribution in [0.3, 0.4) is 0 Å². The topological polar surface area (TPSA) is 99.7 Å². The van der Waals surface area contributed by atoms with Gasteiger partial charge in [-0.25, -0.2) is 15.0 Å². The number of carbonyl (C=O) groups is 1. The van der Waals surface area contributed by atoms with Crippen LogP contribution in [-0.2, 0) is 9.47 Å². The molecule has 0 aliphatic carbocycles. The summed E-state index contributed by atoms with van der Waals surface area (Å²) in [5, 5.41) is 0.777. The van der Waals surface area contributed by atoms with E-state index < -0.39 is 5.91 Å². The molecule has 1 amide bonds. The molecule has 3 rings (SSSR count). The Hall–Kier alpha value is -1.90. The average molecular weight is 362 g/mol. The van der Waals surface area contributed by atoms with Gasteiger partial charge in [-0.05, 0) is 39.2 Å². The monoisotopic (exact) mass is 362 g/mol. The van der Waals surface area contributed by atoms with Crippen LogP contribution in [0, 0.1) is 6.92 Å². The second kappa shape index (κ2) is 7.55. The highest BCUT2D eigenvalue weighted by atomic mass is 32.1. The molecule has 1 saturated heterocycles. The zero-order valence-electron chi connectivity index (χ0n) is 14.6. The maximum atomic E-state index is 11.6. The van der Waals surface area contributed by atoms with Crippen molar-refractivity contribution in [3.05, 3.63) is 16.8 Å². The van der Waals surface area contributed by atoms with Gasteiger partial charge in [0, 0.05) is 18.9 Å². The fourth-order valence-electron chi connectivity index (χ4n) is 2.83. The zero-order chi connectivity index (χ0) is 18.0. The van der Waals surface area contributed by atoms with Crippen molar-refractivity contribution in [2.45, 2.75) is 45.8 Å². The van der Waals surface area contributed by atoms with Gasteiger partial charge in [-0.1, -0.05) is 0 Å². The lowest BCUT2D eigenvalue weighted by atomic mass is 10.1.